The first kappa shape index (κ1) is 13.8. The summed E-state index contributed by atoms with van der Waals surface area (Å²) in [6, 6.07) is 6.11. The molecule has 0 N–H and O–H groups in total. The molecule has 1 aromatic carbocycles. The van der Waals surface area contributed by atoms with Gasteiger partial charge in [-0.1, -0.05) is 11.6 Å². The molecule has 3 rings (SSSR count). The van der Waals surface area contributed by atoms with E-state index in [0.29, 0.717) is 22.2 Å². The second-order valence-corrected chi connectivity index (χ2v) is 6.25. The zero-order valence-corrected chi connectivity index (χ0v) is 12.4. The summed E-state index contributed by atoms with van der Waals surface area (Å²) in [7, 11) is 0. The van der Waals surface area contributed by atoms with Gasteiger partial charge < -0.3 is 4.57 Å². The fraction of sp³-hybridized carbons (Fsp3) is 0.154. The van der Waals surface area contributed by atoms with Crippen LogP contribution >= 0.6 is 34.5 Å². The molecule has 20 heavy (non-hydrogen) atoms. The van der Waals surface area contributed by atoms with Gasteiger partial charge in [0.15, 0.2) is 11.6 Å². The lowest BCUT2D eigenvalue weighted by atomic mass is 10.3. The summed E-state index contributed by atoms with van der Waals surface area (Å²) in [5.41, 5.74) is 0.521. The highest BCUT2D eigenvalue weighted by Gasteiger charge is 2.17. The van der Waals surface area contributed by atoms with Crippen LogP contribution in [0.5, 0.6) is 0 Å². The third-order valence-electron chi connectivity index (χ3n) is 2.94. The van der Waals surface area contributed by atoms with Crippen LogP contribution in [0.2, 0.25) is 4.34 Å². The molecule has 0 amide bonds. The van der Waals surface area contributed by atoms with Gasteiger partial charge in [-0.05, 0) is 24.3 Å². The molecule has 0 aliphatic carbocycles. The van der Waals surface area contributed by atoms with E-state index < -0.39 is 11.6 Å². The van der Waals surface area contributed by atoms with Crippen molar-refractivity contribution in [3.05, 3.63) is 50.9 Å². The Kier molecular flexibility index (Phi) is 3.67. The van der Waals surface area contributed by atoms with Crippen LogP contribution in [-0.2, 0) is 12.4 Å². The van der Waals surface area contributed by atoms with Crippen molar-refractivity contribution >= 4 is 45.6 Å². The summed E-state index contributed by atoms with van der Waals surface area (Å²) in [6.07, 6.45) is 0. The predicted octanol–water partition coefficient (Wildman–Crippen LogP) is 4.82. The van der Waals surface area contributed by atoms with Crippen molar-refractivity contribution in [2.75, 3.05) is 0 Å². The number of fused-ring (bicyclic) bond motifs is 1. The molecular formula is C13H8Cl2F2N2S. The summed E-state index contributed by atoms with van der Waals surface area (Å²) in [5, 5.41) is 0. The van der Waals surface area contributed by atoms with Gasteiger partial charge in [-0.15, -0.1) is 22.9 Å². The monoisotopic (exact) mass is 332 g/mol. The number of hydrogen-bond donors (Lipinski definition) is 0. The lowest BCUT2D eigenvalue weighted by Crippen LogP contribution is -2.04. The smallest absolute Gasteiger partial charge is 0.184 e. The van der Waals surface area contributed by atoms with Crippen LogP contribution in [0.3, 0.4) is 0 Å². The first-order chi connectivity index (χ1) is 9.60. The molecule has 3 aromatic rings. The molecule has 0 saturated heterocycles. The zero-order chi connectivity index (χ0) is 14.3. The van der Waals surface area contributed by atoms with Crippen LogP contribution in [0, 0.1) is 11.6 Å². The van der Waals surface area contributed by atoms with Crippen LogP contribution < -0.4 is 0 Å². The molecule has 0 aliphatic heterocycles. The number of halogens is 4. The first-order valence-electron chi connectivity index (χ1n) is 5.73. The van der Waals surface area contributed by atoms with E-state index in [9.17, 15) is 8.78 Å². The van der Waals surface area contributed by atoms with E-state index >= 15 is 0 Å². The Labute approximate surface area is 127 Å². The molecule has 0 atom stereocenters. The van der Waals surface area contributed by atoms with Crippen molar-refractivity contribution in [1.29, 1.82) is 0 Å². The molecule has 0 bridgehead atoms. The molecule has 0 saturated carbocycles. The zero-order valence-electron chi connectivity index (χ0n) is 10.0. The normalized spacial score (nSPS) is 11.4. The number of aromatic nitrogens is 2. The molecule has 2 aromatic heterocycles. The van der Waals surface area contributed by atoms with Crippen LogP contribution in [0.1, 0.15) is 10.7 Å². The number of alkyl halides is 1. The van der Waals surface area contributed by atoms with Crippen molar-refractivity contribution in [2.24, 2.45) is 0 Å². The Hall–Kier alpha value is -1.17. The summed E-state index contributed by atoms with van der Waals surface area (Å²) >= 11 is 13.1. The Morgan fingerprint density at radius 3 is 2.65 bits per heavy atom. The molecule has 2 heterocycles. The van der Waals surface area contributed by atoms with Gasteiger partial charge in [0.25, 0.3) is 0 Å². The third-order valence-corrected chi connectivity index (χ3v) is 4.40. The Balaban J connectivity index is 2.19. The van der Waals surface area contributed by atoms with Crippen molar-refractivity contribution in [1.82, 2.24) is 9.55 Å². The first-order valence-corrected chi connectivity index (χ1v) is 7.46. The second-order valence-electron chi connectivity index (χ2n) is 4.18. The number of nitrogens with zero attached hydrogens (tertiary/aromatic N) is 2. The number of imidazole rings is 1. The number of benzene rings is 1. The molecule has 0 fully saturated rings. The van der Waals surface area contributed by atoms with Gasteiger partial charge in [-0.2, -0.15) is 0 Å². The standard InChI is InChI=1S/C13H8Cl2F2N2S/c14-5-11-18-9-3-2-8(16)12(17)13(9)19(11)6-7-1-4-10(15)20-7/h1-4H,5-6H2. The van der Waals surface area contributed by atoms with E-state index in [1.807, 2.05) is 6.07 Å². The molecular weight excluding hydrogens is 325 g/mol. The molecule has 0 spiro atoms. The molecule has 2 nitrogen and oxygen atoms in total. The van der Waals surface area contributed by atoms with Crippen molar-refractivity contribution in [2.45, 2.75) is 12.4 Å². The maximum Gasteiger partial charge on any atom is 0.184 e. The van der Waals surface area contributed by atoms with Gasteiger partial charge in [0.1, 0.15) is 11.3 Å². The molecule has 7 heteroatoms. The Morgan fingerprint density at radius 1 is 1.20 bits per heavy atom. The van der Waals surface area contributed by atoms with E-state index in [2.05, 4.69) is 4.98 Å². The Bertz CT molecular complexity index is 782. The number of thiophene rings is 1. The minimum atomic E-state index is -0.908. The van der Waals surface area contributed by atoms with Crippen molar-refractivity contribution in [3.63, 3.8) is 0 Å². The van der Waals surface area contributed by atoms with Crippen LogP contribution in [0.25, 0.3) is 11.0 Å². The van der Waals surface area contributed by atoms with E-state index in [-0.39, 0.29) is 11.4 Å². The highest BCUT2D eigenvalue weighted by Crippen LogP contribution is 2.27. The molecule has 0 unspecified atom stereocenters. The van der Waals surface area contributed by atoms with Gasteiger partial charge in [0, 0.05) is 4.88 Å². The quantitative estimate of drug-likeness (QED) is 0.629. The maximum atomic E-state index is 14.0. The average molecular weight is 333 g/mol. The summed E-state index contributed by atoms with van der Waals surface area (Å²) in [5.74, 6) is -1.19. The van der Waals surface area contributed by atoms with Gasteiger partial charge in [0.2, 0.25) is 0 Å². The van der Waals surface area contributed by atoms with Gasteiger partial charge in [0.05, 0.1) is 22.3 Å². The summed E-state index contributed by atoms with van der Waals surface area (Å²) in [6.45, 7) is 0.357. The van der Waals surface area contributed by atoms with Gasteiger partial charge >= 0.3 is 0 Å². The fourth-order valence-electron chi connectivity index (χ4n) is 2.07. The fourth-order valence-corrected chi connectivity index (χ4v) is 3.35. The lowest BCUT2D eigenvalue weighted by molar-refractivity contribution is 0.512. The van der Waals surface area contributed by atoms with E-state index in [1.54, 1.807) is 10.6 Å². The van der Waals surface area contributed by atoms with E-state index in [4.69, 9.17) is 23.2 Å². The van der Waals surface area contributed by atoms with E-state index in [0.717, 1.165) is 10.9 Å². The van der Waals surface area contributed by atoms with Gasteiger partial charge in [-0.3, -0.25) is 0 Å². The largest absolute Gasteiger partial charge is 0.319 e. The van der Waals surface area contributed by atoms with Crippen LogP contribution in [0.4, 0.5) is 8.78 Å². The lowest BCUT2D eigenvalue weighted by Gasteiger charge is -2.06. The topological polar surface area (TPSA) is 17.8 Å². The van der Waals surface area contributed by atoms with Crippen molar-refractivity contribution < 1.29 is 8.78 Å². The highest BCUT2D eigenvalue weighted by atomic mass is 35.5. The van der Waals surface area contributed by atoms with E-state index in [1.165, 1.54) is 17.4 Å². The van der Waals surface area contributed by atoms with Crippen LogP contribution in [0.15, 0.2) is 24.3 Å². The minimum absolute atomic E-state index is 0.120. The molecule has 104 valence electrons. The second kappa shape index (κ2) is 5.31. The molecule has 0 aliphatic rings. The van der Waals surface area contributed by atoms with Crippen molar-refractivity contribution in [3.8, 4) is 0 Å². The Morgan fingerprint density at radius 2 is 2.00 bits per heavy atom. The van der Waals surface area contributed by atoms with Crippen LogP contribution in [-0.4, -0.2) is 9.55 Å². The summed E-state index contributed by atoms with van der Waals surface area (Å²) < 4.78 is 29.7. The highest BCUT2D eigenvalue weighted by molar-refractivity contribution is 7.16. The predicted molar refractivity (Wildman–Crippen MR) is 77.6 cm³/mol. The summed E-state index contributed by atoms with van der Waals surface area (Å²) in [4.78, 5) is 5.15. The number of hydrogen-bond acceptors (Lipinski definition) is 2. The number of rotatable bonds is 3. The minimum Gasteiger partial charge on any atom is -0.319 e. The SMILES string of the molecule is Fc1ccc2nc(CCl)n(Cc3ccc(Cl)s3)c2c1F. The molecule has 0 radical (unpaired) electrons. The maximum absolute atomic E-state index is 14.0. The average Bonchev–Trinajstić information content (AvgIpc) is 2.99. The third kappa shape index (κ3) is 2.30. The van der Waals surface area contributed by atoms with Gasteiger partial charge in [-0.25, -0.2) is 13.8 Å².